The third-order valence-corrected chi connectivity index (χ3v) is 35.5. The average molecular weight is 1490 g/mol. The molecule has 24 unspecified atom stereocenters. The van der Waals surface area contributed by atoms with Crippen LogP contribution < -0.4 is 0 Å². The Labute approximate surface area is 648 Å². The molecule has 24 atom stereocenters. The van der Waals surface area contributed by atoms with E-state index in [0.29, 0.717) is 29.6 Å². The number of carbonyl (C=O) groups is 7. The minimum atomic E-state index is -0.391. The molecule has 18 aliphatic carbocycles. The van der Waals surface area contributed by atoms with Gasteiger partial charge in [0.05, 0.1) is 39.0 Å². The van der Waals surface area contributed by atoms with E-state index in [1.54, 1.807) is 4.90 Å². The molecule has 19 fully saturated rings. The monoisotopic (exact) mass is 1490 g/mol. The van der Waals surface area contributed by atoms with Gasteiger partial charge >= 0.3 is 29.8 Å². The van der Waals surface area contributed by atoms with Crippen LogP contribution in [0.5, 0.6) is 0 Å². The minimum Gasteiger partial charge on any atom is -0.462 e. The number of amides is 2. The van der Waals surface area contributed by atoms with Crippen LogP contribution in [-0.2, 0) is 57.2 Å². The van der Waals surface area contributed by atoms with Crippen molar-refractivity contribution in [2.45, 2.75) is 386 Å². The Morgan fingerprint density at radius 2 is 0.822 bits per heavy atom. The van der Waals surface area contributed by atoms with Gasteiger partial charge in [0.2, 0.25) is 11.8 Å². The van der Waals surface area contributed by atoms with Gasteiger partial charge in [0, 0.05) is 10.8 Å². The van der Waals surface area contributed by atoms with Crippen LogP contribution in [0.2, 0.25) is 0 Å². The minimum absolute atomic E-state index is 0.00236. The summed E-state index contributed by atoms with van der Waals surface area (Å²) in [7, 11) is 0. The van der Waals surface area contributed by atoms with Gasteiger partial charge in [-0.2, -0.15) is 0 Å². The van der Waals surface area contributed by atoms with Gasteiger partial charge in [0.15, 0.2) is 0 Å². The summed E-state index contributed by atoms with van der Waals surface area (Å²) in [6.07, 6.45) is 42.5. The molecule has 0 aromatic carbocycles. The van der Waals surface area contributed by atoms with Crippen molar-refractivity contribution >= 4 is 41.7 Å². The first kappa shape index (κ1) is 81.5. The highest BCUT2D eigenvalue weighted by Crippen LogP contribution is 2.69. The highest BCUT2D eigenvalue weighted by atomic mass is 16.6. The lowest BCUT2D eigenvalue weighted by Gasteiger charge is -2.56. The lowest BCUT2D eigenvalue weighted by atomic mass is 9.54. The Morgan fingerprint density at radius 3 is 1.32 bits per heavy atom. The van der Waals surface area contributed by atoms with Crippen LogP contribution in [0.15, 0.2) is 0 Å². The number of hydrogen-bond donors (Lipinski definition) is 0. The second-order valence-electron chi connectivity index (χ2n) is 44.2. The Kier molecular flexibility index (Phi) is 23.4. The third-order valence-electron chi connectivity index (χ3n) is 35.5. The smallest absolute Gasteiger partial charge is 0.312 e. The lowest BCUT2D eigenvalue weighted by molar-refractivity contribution is -0.196. The SMILES string of the molecule is CCC(C)(C)C(=O)N1C(=O)C2C3CC(C4CCCC43)C21.CCC(C)(C)C(=O)OC12CC3CC(CC(C3)C1)C2.CCC(C)(C)C(=O)OC1CC2CC1C1C3CCC(C3)C21.CCC(C)(C)C(=O)OC1CC2CC1C1CCCC21.CCC(C)(C)C(=O)OC1CC2CCC1(C)C2.CCC(C)(C)C(=O)OC1CC2CCC1C2. The van der Waals surface area contributed by atoms with Crippen molar-refractivity contribution in [3.05, 3.63) is 0 Å². The van der Waals surface area contributed by atoms with Crippen molar-refractivity contribution in [3.8, 4) is 0 Å². The largest absolute Gasteiger partial charge is 0.462 e. The molecule has 0 aromatic heterocycles. The molecule has 18 saturated carbocycles. The number of rotatable bonds is 17. The summed E-state index contributed by atoms with van der Waals surface area (Å²) in [6.45, 7) is 38.5. The fourth-order valence-electron chi connectivity index (χ4n) is 26.9. The highest BCUT2D eigenvalue weighted by Gasteiger charge is 2.71. The molecule has 19 rings (SSSR count). The van der Waals surface area contributed by atoms with Crippen molar-refractivity contribution in [1.82, 2.24) is 4.90 Å². The van der Waals surface area contributed by atoms with E-state index in [1.807, 2.05) is 104 Å². The molecule has 0 spiro atoms. The van der Waals surface area contributed by atoms with E-state index >= 15 is 0 Å². The third kappa shape index (κ3) is 15.6. The maximum Gasteiger partial charge on any atom is 0.312 e. The molecule has 2 amide bonds. The molecule has 0 aromatic rings. The predicted octanol–water partition coefficient (Wildman–Crippen LogP) is 21.3. The van der Waals surface area contributed by atoms with Gasteiger partial charge in [-0.05, 0) is 393 Å². The molecule has 0 N–H and O–H groups in total. The Balaban J connectivity index is 0.000000114. The number of nitrogens with zero attached hydrogens (tertiary/aromatic N) is 1. The fourth-order valence-corrected chi connectivity index (χ4v) is 26.9. The first-order chi connectivity index (χ1) is 50.3. The van der Waals surface area contributed by atoms with E-state index in [4.69, 9.17) is 23.7 Å². The number of imide groups is 1. The maximum atomic E-state index is 12.7. The molecule has 1 saturated heterocycles. The van der Waals surface area contributed by atoms with Gasteiger partial charge in [-0.1, -0.05) is 75.2 Å². The molecule has 604 valence electrons. The molecule has 1 heterocycles. The van der Waals surface area contributed by atoms with Gasteiger partial charge in [-0.3, -0.25) is 38.5 Å². The molecular weight excluding hydrogens is 1340 g/mol. The number of fused-ring (bicyclic) bond motifs is 26. The number of carbonyl (C=O) groups excluding carboxylic acids is 7. The zero-order valence-electron chi connectivity index (χ0n) is 70.9. The van der Waals surface area contributed by atoms with Crippen LogP contribution in [-0.4, -0.2) is 82.6 Å². The summed E-state index contributed by atoms with van der Waals surface area (Å²) in [5.74, 6) is 17.2. The van der Waals surface area contributed by atoms with Crippen molar-refractivity contribution in [2.75, 3.05) is 0 Å². The molecule has 19 aliphatic rings. The van der Waals surface area contributed by atoms with Gasteiger partial charge in [0.1, 0.15) is 30.0 Å². The highest BCUT2D eigenvalue weighted by molar-refractivity contribution is 6.04. The predicted molar refractivity (Wildman–Crippen MR) is 419 cm³/mol. The van der Waals surface area contributed by atoms with E-state index in [2.05, 4.69) is 27.7 Å². The van der Waals surface area contributed by atoms with Crippen molar-refractivity contribution in [2.24, 2.45) is 162 Å². The number of esters is 5. The molecule has 107 heavy (non-hydrogen) atoms. The number of β-lactam (4-membered cyclic amide) rings is 1. The topological polar surface area (TPSA) is 169 Å². The molecule has 16 bridgehead atoms. The van der Waals surface area contributed by atoms with Crippen molar-refractivity contribution in [1.29, 1.82) is 0 Å². The molecular formula is C94H151NO12. The molecule has 1 aliphatic heterocycles. The van der Waals surface area contributed by atoms with E-state index in [-0.39, 0.29) is 116 Å². The van der Waals surface area contributed by atoms with E-state index in [0.717, 1.165) is 166 Å². The van der Waals surface area contributed by atoms with E-state index < -0.39 is 5.41 Å². The Hall–Kier alpha value is -3.51. The van der Waals surface area contributed by atoms with E-state index in [9.17, 15) is 33.6 Å². The fraction of sp³-hybridized carbons (Fsp3) is 0.926. The summed E-state index contributed by atoms with van der Waals surface area (Å²) in [4.78, 5) is 87.8. The van der Waals surface area contributed by atoms with Gasteiger partial charge in [-0.25, -0.2) is 0 Å². The molecule has 13 nitrogen and oxygen atoms in total. The van der Waals surface area contributed by atoms with Gasteiger partial charge in [0.25, 0.3) is 0 Å². The zero-order chi connectivity index (χ0) is 77.2. The number of ether oxygens (including phenoxy) is 5. The van der Waals surface area contributed by atoms with Crippen LogP contribution in [0.3, 0.4) is 0 Å². The van der Waals surface area contributed by atoms with Crippen LogP contribution >= 0.6 is 0 Å². The Bertz CT molecular complexity index is 3210. The Morgan fingerprint density at radius 1 is 0.364 bits per heavy atom. The van der Waals surface area contributed by atoms with E-state index in [1.165, 1.54) is 141 Å². The number of likely N-dealkylation sites (tertiary alicyclic amines) is 1. The summed E-state index contributed by atoms with van der Waals surface area (Å²) < 4.78 is 29.3. The lowest BCUT2D eigenvalue weighted by Crippen LogP contribution is -2.68. The van der Waals surface area contributed by atoms with Crippen LogP contribution in [0, 0.1) is 162 Å². The number of hydrogen-bond acceptors (Lipinski definition) is 12. The summed E-state index contributed by atoms with van der Waals surface area (Å²) in [6, 6.07) is 0.269. The second-order valence-corrected chi connectivity index (χ2v) is 44.2. The summed E-state index contributed by atoms with van der Waals surface area (Å²) >= 11 is 0. The quantitative estimate of drug-likeness (QED) is 0.0586. The maximum absolute atomic E-state index is 12.7. The molecule has 0 radical (unpaired) electrons. The van der Waals surface area contributed by atoms with Crippen molar-refractivity contribution in [3.63, 3.8) is 0 Å². The second kappa shape index (κ2) is 30.7. The van der Waals surface area contributed by atoms with Gasteiger partial charge < -0.3 is 23.7 Å². The first-order valence-corrected chi connectivity index (χ1v) is 45.3. The standard InChI is InChI=1S/C18H28O2.C17H25NO2.2C16H26O2.C14H24O2.C13H22O2/c1-4-18(2,3)17(19)20-14-9-12-8-13(14)16-11-6-5-10(7-11)15(12)16;1-4-17(2,3)16(20)18-14-12-8-11(13(14)15(18)19)9-6-5-7-10(9)12;1-4-15(2,3)14(17)18-16-8-11-5-12(9-16)7-13(6-11)10-16;1-4-16(2,3)15(17)18-14-9-10-8-13(14)12-7-5-6-11(10)12;1-5-13(2,3)12(15)16-11-8-10-6-7-14(11,4)9-10;1-4-13(2,3)12(14)15-11-8-9-5-6-10(11)7-9/h10-16H,4-9H2,1-3H3;9-14H,4-8H2,1-3H3;11-13H,4-10H2,1-3H3;10-14H,4-9H2,1-3H3;10-11H,5-9H2,1-4H3;9-11H,4-8H2,1-3H3. The molecule has 13 heteroatoms. The summed E-state index contributed by atoms with van der Waals surface area (Å²) in [5.41, 5.74) is -1.74. The summed E-state index contributed by atoms with van der Waals surface area (Å²) in [5, 5.41) is 0. The average Bonchev–Trinajstić information content (AvgIpc) is 1.52. The van der Waals surface area contributed by atoms with Crippen LogP contribution in [0.4, 0.5) is 0 Å². The van der Waals surface area contributed by atoms with Crippen LogP contribution in [0.1, 0.15) is 350 Å². The van der Waals surface area contributed by atoms with Gasteiger partial charge in [-0.15, -0.1) is 0 Å². The first-order valence-electron chi connectivity index (χ1n) is 45.3. The van der Waals surface area contributed by atoms with Crippen molar-refractivity contribution < 1.29 is 57.2 Å². The normalized spacial score (nSPS) is 42.2. The zero-order valence-corrected chi connectivity index (χ0v) is 70.9. The van der Waals surface area contributed by atoms with Crippen LogP contribution in [0.25, 0.3) is 0 Å².